The van der Waals surface area contributed by atoms with Gasteiger partial charge in [0.15, 0.2) is 0 Å². The highest BCUT2D eigenvalue weighted by Crippen LogP contribution is 2.22. The Morgan fingerprint density at radius 1 is 1.40 bits per heavy atom. The smallest absolute Gasteiger partial charge is 0.223 e. The number of aromatic nitrogens is 2. The van der Waals surface area contributed by atoms with Crippen LogP contribution in [-0.4, -0.2) is 36.8 Å². The van der Waals surface area contributed by atoms with Crippen LogP contribution >= 0.6 is 0 Å². The Hall–Kier alpha value is -1.36. The Morgan fingerprint density at radius 2 is 2.07 bits per heavy atom. The fraction of sp³-hybridized carbons (Fsp3) is 0.600. The quantitative estimate of drug-likeness (QED) is 0.780. The fourth-order valence-corrected chi connectivity index (χ4v) is 1.26. The first-order chi connectivity index (χ1) is 7.19. The first kappa shape index (κ1) is 11.7. The van der Waals surface area contributed by atoms with E-state index in [4.69, 9.17) is 9.47 Å². The number of ether oxygens (including phenoxy) is 2. The number of hydrogen-bond acceptors (Lipinski definition) is 5. The van der Waals surface area contributed by atoms with Crippen molar-refractivity contribution in [3.8, 4) is 11.8 Å². The highest BCUT2D eigenvalue weighted by atomic mass is 16.5. The second-order valence-corrected chi connectivity index (χ2v) is 3.30. The molecule has 0 aliphatic rings. The maximum atomic E-state index is 5.63. The van der Waals surface area contributed by atoms with E-state index in [0.29, 0.717) is 11.8 Å². The second-order valence-electron chi connectivity index (χ2n) is 3.30. The van der Waals surface area contributed by atoms with Crippen molar-refractivity contribution in [1.82, 2.24) is 15.3 Å². The molecule has 0 aliphatic heterocycles. The van der Waals surface area contributed by atoms with Gasteiger partial charge in [-0.05, 0) is 20.9 Å². The number of likely N-dealkylation sites (N-methyl/N-ethyl adjacent to an activating group) is 1. The van der Waals surface area contributed by atoms with E-state index in [1.807, 2.05) is 20.9 Å². The largest absolute Gasteiger partial charge is 0.481 e. The Bertz CT molecular complexity index is 318. The molecule has 0 amide bonds. The third kappa shape index (κ3) is 3.06. The van der Waals surface area contributed by atoms with Gasteiger partial charge in [-0.15, -0.1) is 0 Å². The summed E-state index contributed by atoms with van der Waals surface area (Å²) in [7, 11) is 3.46. The maximum absolute atomic E-state index is 5.63. The van der Waals surface area contributed by atoms with Crippen LogP contribution < -0.4 is 14.8 Å². The molecule has 0 saturated carbocycles. The standard InChI is InChI=1S/C10H17N3O2/c1-7(5-11-3)15-10-8(2)9(14-4)12-6-13-10/h6-7,11H,5H2,1-4H3. The van der Waals surface area contributed by atoms with Gasteiger partial charge in [-0.25, -0.2) is 9.97 Å². The minimum absolute atomic E-state index is 0.0632. The molecule has 1 heterocycles. The number of rotatable bonds is 5. The van der Waals surface area contributed by atoms with Crippen molar-refractivity contribution in [3.05, 3.63) is 11.9 Å². The Labute approximate surface area is 89.8 Å². The van der Waals surface area contributed by atoms with Gasteiger partial charge >= 0.3 is 0 Å². The van der Waals surface area contributed by atoms with Gasteiger partial charge in [0.2, 0.25) is 11.8 Å². The van der Waals surface area contributed by atoms with Gasteiger partial charge < -0.3 is 14.8 Å². The van der Waals surface area contributed by atoms with Crippen molar-refractivity contribution < 1.29 is 9.47 Å². The molecule has 1 atom stereocenters. The van der Waals surface area contributed by atoms with Crippen LogP contribution in [0.3, 0.4) is 0 Å². The fourth-order valence-electron chi connectivity index (χ4n) is 1.26. The van der Waals surface area contributed by atoms with Crippen molar-refractivity contribution in [1.29, 1.82) is 0 Å². The van der Waals surface area contributed by atoms with E-state index >= 15 is 0 Å². The molecule has 0 saturated heterocycles. The van der Waals surface area contributed by atoms with Crippen LogP contribution in [0.4, 0.5) is 0 Å². The molecular formula is C10H17N3O2. The van der Waals surface area contributed by atoms with E-state index in [9.17, 15) is 0 Å². The zero-order valence-electron chi connectivity index (χ0n) is 9.57. The predicted octanol–water partition coefficient (Wildman–Crippen LogP) is 0.780. The van der Waals surface area contributed by atoms with Crippen molar-refractivity contribution in [2.75, 3.05) is 20.7 Å². The third-order valence-corrected chi connectivity index (χ3v) is 1.99. The third-order valence-electron chi connectivity index (χ3n) is 1.99. The summed E-state index contributed by atoms with van der Waals surface area (Å²) >= 11 is 0. The highest BCUT2D eigenvalue weighted by Gasteiger charge is 2.11. The molecule has 0 radical (unpaired) electrons. The summed E-state index contributed by atoms with van der Waals surface area (Å²) in [6, 6.07) is 0. The lowest BCUT2D eigenvalue weighted by molar-refractivity contribution is 0.208. The lowest BCUT2D eigenvalue weighted by Gasteiger charge is -2.15. The molecule has 0 aliphatic carbocycles. The molecule has 5 nitrogen and oxygen atoms in total. The Morgan fingerprint density at radius 3 is 2.67 bits per heavy atom. The topological polar surface area (TPSA) is 56.3 Å². The summed E-state index contributed by atoms with van der Waals surface area (Å²) in [6.07, 6.45) is 1.50. The summed E-state index contributed by atoms with van der Waals surface area (Å²) in [5.74, 6) is 1.13. The van der Waals surface area contributed by atoms with E-state index in [0.717, 1.165) is 12.1 Å². The summed E-state index contributed by atoms with van der Waals surface area (Å²) in [6.45, 7) is 4.62. The van der Waals surface area contributed by atoms with E-state index in [1.54, 1.807) is 7.11 Å². The van der Waals surface area contributed by atoms with Gasteiger partial charge in [0.1, 0.15) is 12.4 Å². The molecule has 1 aromatic heterocycles. The molecule has 1 unspecified atom stereocenters. The highest BCUT2D eigenvalue weighted by molar-refractivity contribution is 5.32. The average molecular weight is 211 g/mol. The van der Waals surface area contributed by atoms with Crippen molar-refractivity contribution in [2.45, 2.75) is 20.0 Å². The van der Waals surface area contributed by atoms with Crippen LogP contribution in [0, 0.1) is 6.92 Å². The lowest BCUT2D eigenvalue weighted by atomic mass is 10.3. The van der Waals surface area contributed by atoms with Crippen LogP contribution in [0.2, 0.25) is 0 Å². The molecule has 0 fully saturated rings. The van der Waals surface area contributed by atoms with Gasteiger partial charge in [-0.2, -0.15) is 0 Å². The predicted molar refractivity (Wildman–Crippen MR) is 57.3 cm³/mol. The molecule has 0 bridgehead atoms. The first-order valence-corrected chi connectivity index (χ1v) is 4.85. The first-order valence-electron chi connectivity index (χ1n) is 4.85. The number of nitrogens with one attached hydrogen (secondary N) is 1. The monoisotopic (exact) mass is 211 g/mol. The van der Waals surface area contributed by atoms with Crippen molar-refractivity contribution in [2.24, 2.45) is 0 Å². The minimum atomic E-state index is 0.0632. The van der Waals surface area contributed by atoms with Crippen molar-refractivity contribution >= 4 is 0 Å². The van der Waals surface area contributed by atoms with Crippen LogP contribution in [0.5, 0.6) is 11.8 Å². The maximum Gasteiger partial charge on any atom is 0.223 e. The second kappa shape index (κ2) is 5.50. The van der Waals surface area contributed by atoms with Crippen molar-refractivity contribution in [3.63, 3.8) is 0 Å². The molecular weight excluding hydrogens is 194 g/mol. The normalized spacial score (nSPS) is 12.3. The zero-order valence-corrected chi connectivity index (χ0v) is 9.57. The molecule has 84 valence electrons. The number of hydrogen-bond donors (Lipinski definition) is 1. The van der Waals surface area contributed by atoms with Gasteiger partial charge in [0.25, 0.3) is 0 Å². The Kier molecular flexibility index (Phi) is 4.30. The summed E-state index contributed by atoms with van der Waals surface area (Å²) in [5.41, 5.74) is 0.822. The van der Waals surface area contributed by atoms with E-state index < -0.39 is 0 Å². The van der Waals surface area contributed by atoms with Crippen LogP contribution in [0.1, 0.15) is 12.5 Å². The van der Waals surface area contributed by atoms with Gasteiger partial charge in [0.05, 0.1) is 12.7 Å². The van der Waals surface area contributed by atoms with Crippen LogP contribution in [-0.2, 0) is 0 Å². The molecule has 1 rings (SSSR count). The zero-order chi connectivity index (χ0) is 11.3. The van der Waals surface area contributed by atoms with Gasteiger partial charge in [0, 0.05) is 6.54 Å². The summed E-state index contributed by atoms with van der Waals surface area (Å²) < 4.78 is 10.7. The van der Waals surface area contributed by atoms with Crippen LogP contribution in [0.15, 0.2) is 6.33 Å². The minimum Gasteiger partial charge on any atom is -0.481 e. The van der Waals surface area contributed by atoms with Gasteiger partial charge in [-0.1, -0.05) is 0 Å². The Balaban J connectivity index is 2.76. The molecule has 1 aromatic rings. The van der Waals surface area contributed by atoms with Crippen LogP contribution in [0.25, 0.3) is 0 Å². The average Bonchev–Trinajstić information content (AvgIpc) is 2.21. The lowest BCUT2D eigenvalue weighted by Crippen LogP contribution is -2.26. The van der Waals surface area contributed by atoms with E-state index in [2.05, 4.69) is 15.3 Å². The molecule has 15 heavy (non-hydrogen) atoms. The molecule has 5 heteroatoms. The van der Waals surface area contributed by atoms with E-state index in [1.165, 1.54) is 6.33 Å². The number of nitrogens with zero attached hydrogens (tertiary/aromatic N) is 2. The molecule has 0 spiro atoms. The molecule has 1 N–H and O–H groups in total. The summed E-state index contributed by atoms with van der Waals surface area (Å²) in [5, 5.41) is 3.04. The number of methoxy groups -OCH3 is 1. The SMILES string of the molecule is CNCC(C)Oc1ncnc(OC)c1C. The van der Waals surface area contributed by atoms with Gasteiger partial charge in [-0.3, -0.25) is 0 Å². The summed E-state index contributed by atoms with van der Waals surface area (Å²) in [4.78, 5) is 8.05. The van der Waals surface area contributed by atoms with E-state index in [-0.39, 0.29) is 6.10 Å². The molecule has 0 aromatic carbocycles.